The minimum Gasteiger partial charge on any atom is -0.336 e. The molecule has 0 unspecified atom stereocenters. The van der Waals surface area contributed by atoms with Crippen molar-refractivity contribution in [3.63, 3.8) is 0 Å². The highest BCUT2D eigenvalue weighted by atomic mass is 19.1. The van der Waals surface area contributed by atoms with Crippen LogP contribution in [-0.2, 0) is 24.3 Å². The zero-order chi connectivity index (χ0) is 25.2. The molecule has 5 rings (SSSR count). The third kappa shape index (κ3) is 4.86. The average Bonchev–Trinajstić information content (AvgIpc) is 3.52. The van der Waals surface area contributed by atoms with Crippen LogP contribution in [0, 0.1) is 11.7 Å². The Bertz CT molecular complexity index is 1530. The first-order valence-electron chi connectivity index (χ1n) is 12.2. The number of rotatable bonds is 7. The van der Waals surface area contributed by atoms with E-state index >= 15 is 0 Å². The number of H-pyrrole nitrogens is 1. The molecule has 0 saturated heterocycles. The molecule has 0 radical (unpaired) electrons. The van der Waals surface area contributed by atoms with Gasteiger partial charge in [0.2, 0.25) is 5.91 Å². The van der Waals surface area contributed by atoms with Gasteiger partial charge in [0, 0.05) is 31.1 Å². The summed E-state index contributed by atoms with van der Waals surface area (Å²) >= 11 is 0. The van der Waals surface area contributed by atoms with Crippen molar-refractivity contribution in [3.05, 3.63) is 92.1 Å². The number of hydrogen-bond acceptors (Lipinski definition) is 4. The summed E-state index contributed by atoms with van der Waals surface area (Å²) in [6.45, 7) is 1.78. The lowest BCUT2D eigenvalue weighted by atomic mass is 10.1. The summed E-state index contributed by atoms with van der Waals surface area (Å²) in [6, 6.07) is 13.5. The Hall–Kier alpha value is -4.01. The lowest BCUT2D eigenvalue weighted by molar-refractivity contribution is -0.114. The quantitative estimate of drug-likeness (QED) is 0.412. The van der Waals surface area contributed by atoms with Crippen molar-refractivity contribution < 1.29 is 9.18 Å². The number of nitrogens with one attached hydrogen (secondary N) is 2. The largest absolute Gasteiger partial charge is 0.336 e. The van der Waals surface area contributed by atoms with E-state index in [-0.39, 0.29) is 23.5 Å². The summed E-state index contributed by atoms with van der Waals surface area (Å²) in [5, 5.41) is 2.73. The number of hydrogen-bond donors (Lipinski definition) is 2. The number of fused-ring (bicyclic) bond motifs is 1. The molecule has 1 amide bonds. The van der Waals surface area contributed by atoms with E-state index in [1.165, 1.54) is 13.0 Å². The van der Waals surface area contributed by atoms with Crippen molar-refractivity contribution in [2.24, 2.45) is 5.92 Å². The molecule has 186 valence electrons. The first-order chi connectivity index (χ1) is 17.4. The third-order valence-electron chi connectivity index (χ3n) is 6.76. The lowest BCUT2D eigenvalue weighted by Crippen LogP contribution is -2.41. The predicted molar refractivity (Wildman–Crippen MR) is 136 cm³/mol. The molecule has 4 aromatic rings. The van der Waals surface area contributed by atoms with E-state index in [0.29, 0.717) is 36.0 Å². The van der Waals surface area contributed by atoms with Crippen molar-refractivity contribution >= 4 is 22.8 Å². The summed E-state index contributed by atoms with van der Waals surface area (Å²) in [7, 11) is 0. The Balaban J connectivity index is 1.55. The van der Waals surface area contributed by atoms with Gasteiger partial charge in [-0.15, -0.1) is 0 Å². The highest BCUT2D eigenvalue weighted by molar-refractivity contribution is 5.88. The Kier molecular flexibility index (Phi) is 6.54. The maximum Gasteiger partial charge on any atom is 0.333 e. The minimum absolute atomic E-state index is 0.146. The molecule has 0 bridgehead atoms. The van der Waals surface area contributed by atoms with Gasteiger partial charge in [-0.05, 0) is 42.5 Å². The van der Waals surface area contributed by atoms with Gasteiger partial charge in [-0.2, -0.15) is 0 Å². The topological polar surface area (TPSA) is 102 Å². The first-order valence-corrected chi connectivity index (χ1v) is 12.2. The van der Waals surface area contributed by atoms with E-state index in [4.69, 9.17) is 0 Å². The third-order valence-corrected chi connectivity index (χ3v) is 6.76. The van der Waals surface area contributed by atoms with Crippen LogP contribution in [0.4, 0.5) is 10.1 Å². The van der Waals surface area contributed by atoms with E-state index in [9.17, 15) is 18.8 Å². The van der Waals surface area contributed by atoms with Crippen molar-refractivity contribution in [2.45, 2.75) is 52.1 Å². The molecule has 1 aliphatic rings. The van der Waals surface area contributed by atoms with Gasteiger partial charge in [0.1, 0.15) is 17.2 Å². The van der Waals surface area contributed by atoms with E-state index in [0.717, 1.165) is 35.8 Å². The van der Waals surface area contributed by atoms with Crippen LogP contribution in [-0.4, -0.2) is 25.0 Å². The maximum atomic E-state index is 14.4. The van der Waals surface area contributed by atoms with Gasteiger partial charge in [0.05, 0.1) is 6.54 Å². The maximum absolute atomic E-state index is 14.4. The van der Waals surface area contributed by atoms with Crippen LogP contribution in [0.3, 0.4) is 0 Å². The van der Waals surface area contributed by atoms with E-state index in [2.05, 4.69) is 15.3 Å². The van der Waals surface area contributed by atoms with Gasteiger partial charge >= 0.3 is 5.69 Å². The molecule has 1 saturated carbocycles. The molecule has 1 fully saturated rings. The molecule has 2 aromatic heterocycles. The molecule has 0 aliphatic heterocycles. The van der Waals surface area contributed by atoms with E-state index < -0.39 is 17.1 Å². The Morgan fingerprint density at radius 1 is 1.08 bits per heavy atom. The van der Waals surface area contributed by atoms with Crippen molar-refractivity contribution in [1.82, 2.24) is 19.1 Å². The van der Waals surface area contributed by atoms with E-state index in [1.54, 1.807) is 34.9 Å². The predicted octanol–water partition coefficient (Wildman–Crippen LogP) is 3.81. The number of nitrogens with zero attached hydrogens (tertiary/aromatic N) is 3. The molecule has 9 heteroatoms. The van der Waals surface area contributed by atoms with Crippen LogP contribution in [0.5, 0.6) is 0 Å². The van der Waals surface area contributed by atoms with Gasteiger partial charge in [-0.3, -0.25) is 18.7 Å². The second-order valence-corrected chi connectivity index (χ2v) is 9.46. The minimum atomic E-state index is -0.513. The lowest BCUT2D eigenvalue weighted by Gasteiger charge is -2.15. The first kappa shape index (κ1) is 23.7. The van der Waals surface area contributed by atoms with Crippen LogP contribution in [0.15, 0.2) is 58.1 Å². The Morgan fingerprint density at radius 3 is 2.50 bits per heavy atom. The van der Waals surface area contributed by atoms with Gasteiger partial charge in [0.25, 0.3) is 5.56 Å². The van der Waals surface area contributed by atoms with Gasteiger partial charge in [-0.25, -0.2) is 14.2 Å². The van der Waals surface area contributed by atoms with Crippen LogP contribution in [0.2, 0.25) is 0 Å². The summed E-state index contributed by atoms with van der Waals surface area (Å²) in [5.74, 6) is 0.288. The number of aromatic nitrogens is 4. The molecule has 2 heterocycles. The van der Waals surface area contributed by atoms with Gasteiger partial charge in [-0.1, -0.05) is 43.2 Å². The van der Waals surface area contributed by atoms with Crippen molar-refractivity contribution in [3.8, 4) is 0 Å². The van der Waals surface area contributed by atoms with Gasteiger partial charge < -0.3 is 10.3 Å². The van der Waals surface area contributed by atoms with E-state index in [1.807, 2.05) is 12.1 Å². The summed E-state index contributed by atoms with van der Waals surface area (Å²) < 4.78 is 17.0. The smallest absolute Gasteiger partial charge is 0.333 e. The zero-order valence-electron chi connectivity index (χ0n) is 20.1. The summed E-state index contributed by atoms with van der Waals surface area (Å²) in [6.07, 6.45) is 4.71. The number of carbonyl (C=O) groups excluding carboxylic acids is 1. The molecule has 0 spiro atoms. The number of halogens is 1. The molecule has 0 atom stereocenters. The molecule has 2 N–H and O–H groups in total. The SMILES string of the molecule is CC(=O)Nc1ccc(Cc2nc3c([nH]2)c(=O)n(Cc2ccccc2F)c(=O)n3CC2CCCC2)cc1. The molecular formula is C27H28FN5O3. The van der Waals surface area contributed by atoms with Crippen LogP contribution in [0.1, 0.15) is 49.6 Å². The monoisotopic (exact) mass is 489 g/mol. The van der Waals surface area contributed by atoms with Crippen LogP contribution >= 0.6 is 0 Å². The standard InChI is InChI=1S/C27H28FN5O3/c1-17(34)29-21-12-10-18(11-13-21)14-23-30-24-25(31-23)32(15-19-6-2-3-7-19)27(36)33(26(24)35)16-20-8-4-5-9-22(20)28/h4-5,8-13,19H,2-3,6-7,14-16H2,1H3,(H,29,34)(H,30,31). The Morgan fingerprint density at radius 2 is 1.81 bits per heavy atom. The van der Waals surface area contributed by atoms with Crippen molar-refractivity contribution in [1.29, 1.82) is 0 Å². The fraction of sp³-hybridized carbons (Fsp3) is 0.333. The fourth-order valence-electron chi connectivity index (χ4n) is 4.95. The highest BCUT2D eigenvalue weighted by Gasteiger charge is 2.22. The number of aromatic amines is 1. The summed E-state index contributed by atoms with van der Waals surface area (Å²) in [5.41, 5.74) is 1.50. The average molecular weight is 490 g/mol. The molecule has 1 aliphatic carbocycles. The number of amides is 1. The molecule has 36 heavy (non-hydrogen) atoms. The van der Waals surface area contributed by atoms with Gasteiger partial charge in [0.15, 0.2) is 5.65 Å². The molecule has 2 aromatic carbocycles. The van der Waals surface area contributed by atoms with Crippen molar-refractivity contribution in [2.75, 3.05) is 5.32 Å². The normalized spacial score (nSPS) is 13.9. The second-order valence-electron chi connectivity index (χ2n) is 9.46. The van der Waals surface area contributed by atoms with Crippen LogP contribution < -0.4 is 16.6 Å². The second kappa shape index (κ2) is 9.93. The van der Waals surface area contributed by atoms with Crippen LogP contribution in [0.25, 0.3) is 11.2 Å². The highest BCUT2D eigenvalue weighted by Crippen LogP contribution is 2.26. The number of imidazole rings is 1. The summed E-state index contributed by atoms with van der Waals surface area (Å²) in [4.78, 5) is 45.9. The fourth-order valence-corrected chi connectivity index (χ4v) is 4.95. The number of benzene rings is 2. The molecular weight excluding hydrogens is 461 g/mol. The molecule has 8 nitrogen and oxygen atoms in total. The zero-order valence-corrected chi connectivity index (χ0v) is 20.1. The number of carbonyl (C=O) groups is 1. The number of anilines is 1. The Labute approximate surface area is 206 Å².